The number of benzene rings is 1. The summed E-state index contributed by atoms with van der Waals surface area (Å²) < 4.78 is 13.7. The van der Waals surface area contributed by atoms with Crippen molar-refractivity contribution < 1.29 is 4.39 Å². The zero-order chi connectivity index (χ0) is 13.1. The van der Waals surface area contributed by atoms with Crippen LogP contribution in [0.25, 0.3) is 0 Å². The lowest BCUT2D eigenvalue weighted by atomic mass is 10.1. The van der Waals surface area contributed by atoms with Crippen molar-refractivity contribution in [2.45, 2.75) is 13.0 Å². The molecule has 1 fully saturated rings. The molecule has 0 aromatic heterocycles. The molecule has 4 heteroatoms. The van der Waals surface area contributed by atoms with Crippen molar-refractivity contribution in [1.29, 1.82) is 0 Å². The molecule has 1 atom stereocenters. The Hall–Kier alpha value is -0.450. The van der Waals surface area contributed by atoms with Gasteiger partial charge in [-0.3, -0.25) is 0 Å². The third-order valence-electron chi connectivity index (χ3n) is 3.50. The van der Waals surface area contributed by atoms with Crippen molar-refractivity contribution >= 4 is 15.9 Å². The van der Waals surface area contributed by atoms with Crippen LogP contribution in [-0.4, -0.2) is 43.5 Å². The summed E-state index contributed by atoms with van der Waals surface area (Å²) in [6, 6.07) is 5.25. The molecule has 1 saturated heterocycles. The number of rotatable bonds is 4. The lowest BCUT2D eigenvalue weighted by Gasteiger charge is -2.21. The summed E-state index contributed by atoms with van der Waals surface area (Å²) in [5, 5.41) is 0. The van der Waals surface area contributed by atoms with Gasteiger partial charge in [-0.2, -0.15) is 0 Å². The average molecular weight is 315 g/mol. The maximum Gasteiger partial charge on any atom is 0.137 e. The highest BCUT2D eigenvalue weighted by Gasteiger charge is 2.20. The van der Waals surface area contributed by atoms with Gasteiger partial charge in [0.1, 0.15) is 5.82 Å². The second kappa shape index (κ2) is 6.13. The molecule has 0 amide bonds. The molecular formula is C14H20BrFN2. The first-order chi connectivity index (χ1) is 8.54. The molecule has 1 aliphatic rings. The second-order valence-electron chi connectivity index (χ2n) is 5.36. The molecule has 1 aromatic carbocycles. The standard InChI is InChI=1S/C14H20BrFN2/c1-17-6-5-12(9-17)10-18(2)8-11-3-4-14(16)13(15)7-11/h3-4,7,12H,5-6,8-10H2,1-2H3. The lowest BCUT2D eigenvalue weighted by molar-refractivity contribution is 0.267. The monoisotopic (exact) mass is 314 g/mol. The molecule has 0 spiro atoms. The van der Waals surface area contributed by atoms with E-state index in [0.717, 1.165) is 24.6 Å². The molecule has 0 radical (unpaired) electrons. The fourth-order valence-corrected chi connectivity index (χ4v) is 3.06. The molecular weight excluding hydrogens is 295 g/mol. The number of halogens is 2. The maximum absolute atomic E-state index is 13.1. The average Bonchev–Trinajstić information content (AvgIpc) is 2.69. The van der Waals surface area contributed by atoms with Crippen molar-refractivity contribution in [3.05, 3.63) is 34.1 Å². The lowest BCUT2D eigenvalue weighted by Crippen LogP contribution is -2.27. The van der Waals surface area contributed by atoms with Crippen molar-refractivity contribution in [3.8, 4) is 0 Å². The van der Waals surface area contributed by atoms with Crippen LogP contribution in [0, 0.1) is 11.7 Å². The number of hydrogen-bond donors (Lipinski definition) is 0. The van der Waals surface area contributed by atoms with Crippen LogP contribution in [0.5, 0.6) is 0 Å². The molecule has 2 nitrogen and oxygen atoms in total. The van der Waals surface area contributed by atoms with Crippen molar-refractivity contribution in [1.82, 2.24) is 9.80 Å². The van der Waals surface area contributed by atoms with Crippen LogP contribution >= 0.6 is 15.9 Å². The van der Waals surface area contributed by atoms with Gasteiger partial charge in [0.2, 0.25) is 0 Å². The van der Waals surface area contributed by atoms with Crippen molar-refractivity contribution in [3.63, 3.8) is 0 Å². The predicted octanol–water partition coefficient (Wildman–Crippen LogP) is 2.97. The number of nitrogens with zero attached hydrogens (tertiary/aromatic N) is 2. The van der Waals surface area contributed by atoms with Crippen LogP contribution in [0.4, 0.5) is 4.39 Å². The van der Waals surface area contributed by atoms with Gasteiger partial charge >= 0.3 is 0 Å². The predicted molar refractivity (Wildman–Crippen MR) is 76.0 cm³/mol. The van der Waals surface area contributed by atoms with Crippen LogP contribution in [0.2, 0.25) is 0 Å². The molecule has 0 saturated carbocycles. The van der Waals surface area contributed by atoms with Gasteiger partial charge in [0.15, 0.2) is 0 Å². The molecule has 0 aliphatic carbocycles. The molecule has 100 valence electrons. The maximum atomic E-state index is 13.1. The van der Waals surface area contributed by atoms with E-state index >= 15 is 0 Å². The molecule has 1 unspecified atom stereocenters. The van der Waals surface area contributed by atoms with Gasteiger partial charge in [-0.1, -0.05) is 6.07 Å². The van der Waals surface area contributed by atoms with E-state index in [0.29, 0.717) is 4.47 Å². The third-order valence-corrected chi connectivity index (χ3v) is 4.10. The minimum Gasteiger partial charge on any atom is -0.306 e. The van der Waals surface area contributed by atoms with E-state index in [1.54, 1.807) is 0 Å². The molecule has 1 aromatic rings. The Morgan fingerprint density at radius 2 is 2.28 bits per heavy atom. The van der Waals surface area contributed by atoms with E-state index in [2.05, 4.69) is 39.8 Å². The zero-order valence-electron chi connectivity index (χ0n) is 11.0. The largest absolute Gasteiger partial charge is 0.306 e. The highest BCUT2D eigenvalue weighted by molar-refractivity contribution is 9.10. The first-order valence-corrected chi connectivity index (χ1v) is 7.15. The van der Waals surface area contributed by atoms with E-state index in [4.69, 9.17) is 0 Å². The molecule has 18 heavy (non-hydrogen) atoms. The van der Waals surface area contributed by atoms with E-state index in [1.807, 2.05) is 12.1 Å². The summed E-state index contributed by atoms with van der Waals surface area (Å²) >= 11 is 3.23. The highest BCUT2D eigenvalue weighted by Crippen LogP contribution is 2.19. The number of hydrogen-bond acceptors (Lipinski definition) is 2. The molecule has 1 aliphatic heterocycles. The smallest absolute Gasteiger partial charge is 0.137 e. The van der Waals surface area contributed by atoms with Gasteiger partial charge in [-0.15, -0.1) is 0 Å². The van der Waals surface area contributed by atoms with Gasteiger partial charge < -0.3 is 9.80 Å². The van der Waals surface area contributed by atoms with E-state index in [9.17, 15) is 4.39 Å². The van der Waals surface area contributed by atoms with Crippen molar-refractivity contribution in [2.75, 3.05) is 33.7 Å². The van der Waals surface area contributed by atoms with Gasteiger partial charge in [0, 0.05) is 19.6 Å². The summed E-state index contributed by atoms with van der Waals surface area (Å²) in [5.74, 6) is 0.572. The topological polar surface area (TPSA) is 6.48 Å². The van der Waals surface area contributed by atoms with Crippen LogP contribution < -0.4 is 0 Å². The quantitative estimate of drug-likeness (QED) is 0.843. The van der Waals surface area contributed by atoms with Gasteiger partial charge in [-0.05, 0) is 66.6 Å². The summed E-state index contributed by atoms with van der Waals surface area (Å²) in [5.41, 5.74) is 1.15. The summed E-state index contributed by atoms with van der Waals surface area (Å²) in [7, 11) is 4.31. The third kappa shape index (κ3) is 3.77. The zero-order valence-corrected chi connectivity index (χ0v) is 12.6. The second-order valence-corrected chi connectivity index (χ2v) is 6.22. The fraction of sp³-hybridized carbons (Fsp3) is 0.571. The first kappa shape index (κ1) is 14.0. The van der Waals surface area contributed by atoms with Gasteiger partial charge in [0.25, 0.3) is 0 Å². The Balaban J connectivity index is 1.86. The Morgan fingerprint density at radius 1 is 1.50 bits per heavy atom. The Morgan fingerprint density at radius 3 is 2.89 bits per heavy atom. The Kier molecular flexibility index (Phi) is 4.76. The summed E-state index contributed by atoms with van der Waals surface area (Å²) in [6.45, 7) is 4.39. The van der Waals surface area contributed by atoms with Gasteiger partial charge in [-0.25, -0.2) is 4.39 Å². The fourth-order valence-electron chi connectivity index (χ4n) is 2.63. The van der Waals surface area contributed by atoms with E-state index < -0.39 is 0 Å². The normalized spacial score (nSPS) is 20.8. The van der Waals surface area contributed by atoms with Crippen LogP contribution in [0.1, 0.15) is 12.0 Å². The van der Waals surface area contributed by atoms with E-state index in [1.165, 1.54) is 25.6 Å². The van der Waals surface area contributed by atoms with Crippen LogP contribution in [0.3, 0.4) is 0 Å². The highest BCUT2D eigenvalue weighted by atomic mass is 79.9. The van der Waals surface area contributed by atoms with Gasteiger partial charge in [0.05, 0.1) is 4.47 Å². The summed E-state index contributed by atoms with van der Waals surface area (Å²) in [6.07, 6.45) is 1.29. The molecule has 1 heterocycles. The molecule has 0 bridgehead atoms. The SMILES string of the molecule is CN1CCC(CN(C)Cc2ccc(F)c(Br)c2)C1. The summed E-state index contributed by atoms with van der Waals surface area (Å²) in [4.78, 5) is 4.70. The van der Waals surface area contributed by atoms with E-state index in [-0.39, 0.29) is 5.82 Å². The molecule has 2 rings (SSSR count). The minimum atomic E-state index is -0.196. The van der Waals surface area contributed by atoms with Crippen molar-refractivity contribution in [2.24, 2.45) is 5.92 Å². The first-order valence-electron chi connectivity index (χ1n) is 6.35. The number of likely N-dealkylation sites (tertiary alicyclic amines) is 1. The minimum absolute atomic E-state index is 0.196. The molecule has 0 N–H and O–H groups in total. The van der Waals surface area contributed by atoms with Crippen LogP contribution in [0.15, 0.2) is 22.7 Å². The Bertz CT molecular complexity index is 411. The Labute approximate surface area is 117 Å². The van der Waals surface area contributed by atoms with Crippen LogP contribution in [-0.2, 0) is 6.54 Å².